The molecule has 1 aromatic carbocycles. The Labute approximate surface area is 120 Å². The van der Waals surface area contributed by atoms with Crippen LogP contribution in [0.5, 0.6) is 5.75 Å². The van der Waals surface area contributed by atoms with Crippen molar-refractivity contribution in [2.45, 2.75) is 13.5 Å². The average Bonchev–Trinajstić information content (AvgIpc) is 2.46. The Morgan fingerprint density at radius 3 is 2.76 bits per heavy atom. The highest BCUT2D eigenvalue weighted by atomic mass is 16.6. The molecule has 2 aromatic rings. The molecule has 1 aromatic heterocycles. The first-order chi connectivity index (χ1) is 9.97. The lowest BCUT2D eigenvalue weighted by Gasteiger charge is -2.06. The van der Waals surface area contributed by atoms with Crippen molar-refractivity contribution in [3.05, 3.63) is 63.5 Å². The van der Waals surface area contributed by atoms with Crippen LogP contribution < -0.4 is 5.32 Å². The van der Waals surface area contributed by atoms with Crippen molar-refractivity contribution in [1.82, 2.24) is 10.3 Å². The number of carbonyl (C=O) groups is 1. The predicted molar refractivity (Wildman–Crippen MR) is 74.9 cm³/mol. The smallest absolute Gasteiger partial charge is 0.282 e. The maximum atomic E-state index is 12.0. The van der Waals surface area contributed by atoms with Crippen LogP contribution in [0.25, 0.3) is 0 Å². The summed E-state index contributed by atoms with van der Waals surface area (Å²) >= 11 is 0. The molecule has 0 atom stereocenters. The van der Waals surface area contributed by atoms with E-state index in [1.807, 2.05) is 6.92 Å². The zero-order valence-electron chi connectivity index (χ0n) is 11.2. The summed E-state index contributed by atoms with van der Waals surface area (Å²) in [4.78, 5) is 26.3. The highest BCUT2D eigenvalue weighted by Gasteiger charge is 2.20. The average molecular weight is 287 g/mol. The molecular weight excluding hydrogens is 274 g/mol. The van der Waals surface area contributed by atoms with Crippen molar-refractivity contribution in [3.8, 4) is 5.75 Å². The summed E-state index contributed by atoms with van der Waals surface area (Å²) < 4.78 is 0. The predicted octanol–water partition coefficient (Wildman–Crippen LogP) is 1.93. The van der Waals surface area contributed by atoms with E-state index in [0.29, 0.717) is 0 Å². The summed E-state index contributed by atoms with van der Waals surface area (Å²) in [6, 6.07) is 6.94. The number of aromatic hydroxyl groups is 1. The largest absolute Gasteiger partial charge is 0.508 e. The van der Waals surface area contributed by atoms with Crippen LogP contribution in [0, 0.1) is 17.0 Å². The number of carbonyl (C=O) groups excluding carboxylic acids is 1. The second-order valence-corrected chi connectivity index (χ2v) is 4.45. The van der Waals surface area contributed by atoms with Crippen LogP contribution in [0.2, 0.25) is 0 Å². The number of hydrogen-bond donors (Lipinski definition) is 2. The van der Waals surface area contributed by atoms with Crippen molar-refractivity contribution in [2.24, 2.45) is 0 Å². The summed E-state index contributed by atoms with van der Waals surface area (Å²) in [6.45, 7) is 2.04. The first-order valence-electron chi connectivity index (χ1n) is 6.14. The van der Waals surface area contributed by atoms with Crippen molar-refractivity contribution < 1.29 is 14.8 Å². The lowest BCUT2D eigenvalue weighted by Crippen LogP contribution is -2.23. The van der Waals surface area contributed by atoms with E-state index in [9.17, 15) is 20.0 Å². The molecule has 2 N–H and O–H groups in total. The number of hydrogen-bond acceptors (Lipinski definition) is 5. The van der Waals surface area contributed by atoms with Gasteiger partial charge >= 0.3 is 0 Å². The van der Waals surface area contributed by atoms with E-state index in [2.05, 4.69) is 10.3 Å². The number of nitro groups is 1. The van der Waals surface area contributed by atoms with Gasteiger partial charge < -0.3 is 10.4 Å². The Bertz CT molecular complexity index is 683. The maximum Gasteiger partial charge on any atom is 0.282 e. The summed E-state index contributed by atoms with van der Waals surface area (Å²) in [5, 5.41) is 22.8. The Balaban J connectivity index is 2.15. The van der Waals surface area contributed by atoms with Crippen molar-refractivity contribution in [3.63, 3.8) is 0 Å². The minimum atomic E-state index is -0.665. The molecule has 108 valence electrons. The third-order valence-corrected chi connectivity index (χ3v) is 2.85. The SMILES string of the molecule is Cc1ccc(CNC(=O)c2cc(O)ccc2[N+](=O)[O-])cn1. The number of phenolic OH excluding ortho intramolecular Hbond substituents is 1. The van der Waals surface area contributed by atoms with Crippen LogP contribution in [0.15, 0.2) is 36.5 Å². The Hall–Kier alpha value is -2.96. The summed E-state index contributed by atoms with van der Waals surface area (Å²) in [5.74, 6) is -0.832. The molecule has 0 fully saturated rings. The Kier molecular flexibility index (Phi) is 4.13. The van der Waals surface area contributed by atoms with Crippen LogP contribution >= 0.6 is 0 Å². The van der Waals surface area contributed by atoms with Crippen molar-refractivity contribution in [1.29, 1.82) is 0 Å². The first kappa shape index (κ1) is 14.4. The molecule has 0 radical (unpaired) electrons. The van der Waals surface area contributed by atoms with E-state index in [1.165, 1.54) is 6.07 Å². The molecule has 2 rings (SSSR count). The van der Waals surface area contributed by atoms with Gasteiger partial charge in [0, 0.05) is 24.5 Å². The summed E-state index contributed by atoms with van der Waals surface area (Å²) in [6.07, 6.45) is 1.62. The molecule has 1 amide bonds. The third-order valence-electron chi connectivity index (χ3n) is 2.85. The number of rotatable bonds is 4. The fraction of sp³-hybridized carbons (Fsp3) is 0.143. The standard InChI is InChI=1S/C14H13N3O4/c1-9-2-3-10(7-15-9)8-16-14(19)12-6-11(18)4-5-13(12)17(20)21/h2-7,18H,8H2,1H3,(H,16,19). The van der Waals surface area contributed by atoms with Gasteiger partial charge in [-0.05, 0) is 30.7 Å². The molecular formula is C14H13N3O4. The molecule has 0 aliphatic rings. The number of pyridine rings is 1. The molecule has 0 saturated heterocycles. The normalized spacial score (nSPS) is 10.1. The molecule has 0 unspecified atom stereocenters. The topological polar surface area (TPSA) is 105 Å². The number of aromatic nitrogens is 1. The van der Waals surface area contributed by atoms with Crippen LogP contribution in [-0.2, 0) is 6.54 Å². The van der Waals surface area contributed by atoms with Gasteiger partial charge in [0.05, 0.1) is 4.92 Å². The van der Waals surface area contributed by atoms with Gasteiger partial charge in [-0.1, -0.05) is 6.07 Å². The number of aryl methyl sites for hydroxylation is 1. The van der Waals surface area contributed by atoms with Crippen LogP contribution in [0.3, 0.4) is 0 Å². The van der Waals surface area contributed by atoms with E-state index >= 15 is 0 Å². The molecule has 21 heavy (non-hydrogen) atoms. The molecule has 0 aliphatic carbocycles. The van der Waals surface area contributed by atoms with Gasteiger partial charge in [0.1, 0.15) is 11.3 Å². The van der Waals surface area contributed by atoms with E-state index in [0.717, 1.165) is 23.4 Å². The van der Waals surface area contributed by atoms with Crippen LogP contribution in [-0.4, -0.2) is 20.9 Å². The Morgan fingerprint density at radius 2 is 2.14 bits per heavy atom. The number of nitrogens with zero attached hydrogens (tertiary/aromatic N) is 2. The van der Waals surface area contributed by atoms with E-state index in [4.69, 9.17) is 0 Å². The monoisotopic (exact) mass is 287 g/mol. The lowest BCUT2D eigenvalue weighted by molar-refractivity contribution is -0.385. The number of benzene rings is 1. The van der Waals surface area contributed by atoms with Crippen molar-refractivity contribution >= 4 is 11.6 Å². The van der Waals surface area contributed by atoms with Gasteiger partial charge in [-0.15, -0.1) is 0 Å². The number of nitro benzene ring substituents is 1. The lowest BCUT2D eigenvalue weighted by atomic mass is 10.1. The molecule has 1 heterocycles. The van der Waals surface area contributed by atoms with Crippen molar-refractivity contribution in [2.75, 3.05) is 0 Å². The second-order valence-electron chi connectivity index (χ2n) is 4.45. The number of phenols is 1. The number of amides is 1. The van der Waals surface area contributed by atoms with E-state index in [1.54, 1.807) is 18.3 Å². The highest BCUT2D eigenvalue weighted by molar-refractivity contribution is 5.98. The zero-order chi connectivity index (χ0) is 15.4. The zero-order valence-corrected chi connectivity index (χ0v) is 11.2. The van der Waals surface area contributed by atoms with Gasteiger partial charge in [-0.25, -0.2) is 0 Å². The number of nitrogens with one attached hydrogen (secondary N) is 1. The second kappa shape index (κ2) is 6.00. The third kappa shape index (κ3) is 3.53. The molecule has 0 aliphatic heterocycles. The van der Waals surface area contributed by atoms with Gasteiger partial charge in [0.2, 0.25) is 0 Å². The van der Waals surface area contributed by atoms with Gasteiger partial charge in [0.25, 0.3) is 11.6 Å². The molecule has 0 saturated carbocycles. The highest BCUT2D eigenvalue weighted by Crippen LogP contribution is 2.23. The van der Waals surface area contributed by atoms with E-state index in [-0.39, 0.29) is 23.5 Å². The molecule has 0 bridgehead atoms. The minimum absolute atomic E-state index is 0.180. The first-order valence-corrected chi connectivity index (χ1v) is 6.14. The summed E-state index contributed by atoms with van der Waals surface area (Å²) in [7, 11) is 0. The maximum absolute atomic E-state index is 12.0. The summed E-state index contributed by atoms with van der Waals surface area (Å²) in [5.41, 5.74) is 1.10. The van der Waals surface area contributed by atoms with Crippen LogP contribution in [0.1, 0.15) is 21.6 Å². The Morgan fingerprint density at radius 1 is 1.38 bits per heavy atom. The van der Waals surface area contributed by atoms with Crippen LogP contribution in [0.4, 0.5) is 5.69 Å². The fourth-order valence-corrected chi connectivity index (χ4v) is 1.75. The van der Waals surface area contributed by atoms with E-state index < -0.39 is 10.8 Å². The quantitative estimate of drug-likeness (QED) is 0.660. The van der Waals surface area contributed by atoms with Gasteiger partial charge in [0.15, 0.2) is 0 Å². The fourth-order valence-electron chi connectivity index (χ4n) is 1.75. The van der Waals surface area contributed by atoms with Gasteiger partial charge in [-0.2, -0.15) is 0 Å². The molecule has 0 spiro atoms. The molecule has 7 heteroatoms. The molecule has 7 nitrogen and oxygen atoms in total. The van der Waals surface area contributed by atoms with Gasteiger partial charge in [-0.3, -0.25) is 19.9 Å². The minimum Gasteiger partial charge on any atom is -0.508 e.